The number of ether oxygens (including phenoxy) is 1. The first kappa shape index (κ1) is 18.9. The third kappa shape index (κ3) is 4.80. The Bertz CT molecular complexity index is 857. The second-order valence-electron chi connectivity index (χ2n) is 4.91. The first-order valence-electron chi connectivity index (χ1n) is 7.54. The number of nitrogens with one attached hydrogen (secondary N) is 2. The number of carbonyl (C=O) groups excluding carboxylic acids is 2. The van der Waals surface area contributed by atoms with Crippen molar-refractivity contribution in [2.45, 2.75) is 18.7 Å². The molecule has 0 aliphatic carbocycles. The molecule has 2 aromatic rings. The van der Waals surface area contributed by atoms with Crippen molar-refractivity contribution >= 4 is 38.9 Å². The zero-order valence-electron chi connectivity index (χ0n) is 13.7. The predicted octanol–water partition coefficient (Wildman–Crippen LogP) is 2.48. The summed E-state index contributed by atoms with van der Waals surface area (Å²) in [5.74, 6) is -0.783. The molecule has 0 fully saturated rings. The standard InChI is InChI=1S/C16H18N2O5S2/c1-3-17-15(19)14-9-13(10-24-14)25(21,22)18-12-7-5-11(6-8-12)16(20)23-4-2/h5-10,18H,3-4H2,1-2H3,(H,17,19). The van der Waals surface area contributed by atoms with Crippen LogP contribution in [0.1, 0.15) is 33.9 Å². The average molecular weight is 382 g/mol. The Morgan fingerprint density at radius 3 is 2.44 bits per heavy atom. The normalized spacial score (nSPS) is 11.0. The van der Waals surface area contributed by atoms with E-state index in [-0.39, 0.29) is 17.4 Å². The fourth-order valence-electron chi connectivity index (χ4n) is 1.93. The van der Waals surface area contributed by atoms with E-state index < -0.39 is 16.0 Å². The number of benzene rings is 1. The molecule has 0 saturated carbocycles. The van der Waals surface area contributed by atoms with E-state index in [2.05, 4.69) is 10.0 Å². The highest BCUT2D eigenvalue weighted by atomic mass is 32.2. The minimum Gasteiger partial charge on any atom is -0.462 e. The number of rotatable bonds is 7. The van der Waals surface area contributed by atoms with Gasteiger partial charge < -0.3 is 10.1 Å². The number of sulfonamides is 1. The third-order valence-electron chi connectivity index (χ3n) is 3.10. The summed E-state index contributed by atoms with van der Waals surface area (Å²) in [6.07, 6.45) is 0. The molecule has 0 spiro atoms. The second-order valence-corrected chi connectivity index (χ2v) is 7.50. The number of hydrogen-bond acceptors (Lipinski definition) is 6. The summed E-state index contributed by atoms with van der Waals surface area (Å²) >= 11 is 1.05. The van der Waals surface area contributed by atoms with E-state index >= 15 is 0 Å². The first-order chi connectivity index (χ1) is 11.9. The lowest BCUT2D eigenvalue weighted by atomic mass is 10.2. The molecular weight excluding hydrogens is 364 g/mol. The zero-order valence-corrected chi connectivity index (χ0v) is 15.4. The van der Waals surface area contributed by atoms with E-state index in [1.807, 2.05) is 0 Å². The predicted molar refractivity (Wildman–Crippen MR) is 95.5 cm³/mol. The van der Waals surface area contributed by atoms with Gasteiger partial charge in [-0.25, -0.2) is 13.2 Å². The molecule has 1 aromatic carbocycles. The Labute approximate surface area is 150 Å². The van der Waals surface area contributed by atoms with Crippen molar-refractivity contribution in [3.8, 4) is 0 Å². The summed E-state index contributed by atoms with van der Waals surface area (Å²) in [6, 6.07) is 7.22. The van der Waals surface area contributed by atoms with Gasteiger partial charge in [0.2, 0.25) is 0 Å². The van der Waals surface area contributed by atoms with Crippen LogP contribution in [0.5, 0.6) is 0 Å². The van der Waals surface area contributed by atoms with Crippen LogP contribution >= 0.6 is 11.3 Å². The van der Waals surface area contributed by atoms with Crippen LogP contribution in [-0.4, -0.2) is 33.4 Å². The fraction of sp³-hybridized carbons (Fsp3) is 0.250. The maximum atomic E-state index is 12.4. The number of esters is 1. The van der Waals surface area contributed by atoms with Gasteiger partial charge in [0.25, 0.3) is 15.9 Å². The minimum atomic E-state index is -3.82. The maximum absolute atomic E-state index is 12.4. The minimum absolute atomic E-state index is 0.00761. The molecule has 1 heterocycles. The summed E-state index contributed by atoms with van der Waals surface area (Å²) in [5.41, 5.74) is 0.637. The highest BCUT2D eigenvalue weighted by Crippen LogP contribution is 2.22. The SMILES string of the molecule is CCNC(=O)c1cc(S(=O)(=O)Nc2ccc(C(=O)OCC)cc2)cs1. The van der Waals surface area contributed by atoms with Crippen LogP contribution in [-0.2, 0) is 14.8 Å². The Hall–Kier alpha value is -2.39. The largest absolute Gasteiger partial charge is 0.462 e. The van der Waals surface area contributed by atoms with Crippen LogP contribution in [0.15, 0.2) is 40.6 Å². The van der Waals surface area contributed by atoms with Crippen LogP contribution in [0.4, 0.5) is 5.69 Å². The molecule has 0 aliphatic rings. The molecule has 0 unspecified atom stereocenters. The van der Waals surface area contributed by atoms with Gasteiger partial charge in [-0.1, -0.05) is 0 Å². The molecule has 2 N–H and O–H groups in total. The smallest absolute Gasteiger partial charge is 0.338 e. The molecule has 1 aromatic heterocycles. The zero-order chi connectivity index (χ0) is 18.4. The lowest BCUT2D eigenvalue weighted by Crippen LogP contribution is -2.21. The van der Waals surface area contributed by atoms with Crippen molar-refractivity contribution in [3.63, 3.8) is 0 Å². The monoisotopic (exact) mass is 382 g/mol. The molecular formula is C16H18N2O5S2. The van der Waals surface area contributed by atoms with E-state index in [1.54, 1.807) is 13.8 Å². The van der Waals surface area contributed by atoms with E-state index in [1.165, 1.54) is 35.7 Å². The number of anilines is 1. The van der Waals surface area contributed by atoms with Gasteiger partial charge in [0.05, 0.1) is 21.9 Å². The summed E-state index contributed by atoms with van der Waals surface area (Å²) in [4.78, 5) is 23.7. The third-order valence-corrected chi connectivity index (χ3v) is 5.53. The summed E-state index contributed by atoms with van der Waals surface area (Å²) in [6.45, 7) is 4.21. The van der Waals surface area contributed by atoms with Gasteiger partial charge >= 0.3 is 5.97 Å². The van der Waals surface area contributed by atoms with Crippen LogP contribution in [0, 0.1) is 0 Å². The van der Waals surface area contributed by atoms with Gasteiger partial charge in [-0.05, 0) is 44.2 Å². The molecule has 0 bridgehead atoms. The molecule has 0 saturated heterocycles. The molecule has 0 radical (unpaired) electrons. The van der Waals surface area contributed by atoms with Gasteiger partial charge in [-0.2, -0.15) is 0 Å². The molecule has 1 amide bonds. The number of carbonyl (C=O) groups is 2. The van der Waals surface area contributed by atoms with E-state index in [9.17, 15) is 18.0 Å². The van der Waals surface area contributed by atoms with E-state index in [4.69, 9.17) is 4.74 Å². The number of thiophene rings is 1. The van der Waals surface area contributed by atoms with Crippen LogP contribution < -0.4 is 10.0 Å². The Morgan fingerprint density at radius 1 is 1.16 bits per heavy atom. The van der Waals surface area contributed by atoms with Gasteiger partial charge in [0, 0.05) is 17.6 Å². The fourth-order valence-corrected chi connectivity index (χ4v) is 4.18. The summed E-state index contributed by atoms with van der Waals surface area (Å²) < 4.78 is 32.1. The summed E-state index contributed by atoms with van der Waals surface area (Å²) in [7, 11) is -3.82. The Morgan fingerprint density at radius 2 is 1.84 bits per heavy atom. The van der Waals surface area contributed by atoms with E-state index in [0.29, 0.717) is 22.7 Å². The van der Waals surface area contributed by atoms with E-state index in [0.717, 1.165) is 11.3 Å². The summed E-state index contributed by atoms with van der Waals surface area (Å²) in [5, 5.41) is 4.02. The van der Waals surface area contributed by atoms with Crippen LogP contribution in [0.25, 0.3) is 0 Å². The topological polar surface area (TPSA) is 102 Å². The molecule has 0 atom stereocenters. The van der Waals surface area contributed by atoms with Crippen molar-refractivity contribution in [3.05, 3.63) is 46.2 Å². The average Bonchev–Trinajstić information content (AvgIpc) is 3.07. The Balaban J connectivity index is 2.13. The highest BCUT2D eigenvalue weighted by molar-refractivity contribution is 7.92. The first-order valence-corrected chi connectivity index (χ1v) is 9.90. The van der Waals surface area contributed by atoms with Gasteiger partial charge in [0.1, 0.15) is 0 Å². The molecule has 2 rings (SSSR count). The number of amides is 1. The molecule has 25 heavy (non-hydrogen) atoms. The second kappa shape index (κ2) is 8.13. The van der Waals surface area contributed by atoms with Crippen molar-refractivity contribution in [2.75, 3.05) is 17.9 Å². The van der Waals surface area contributed by atoms with Crippen molar-refractivity contribution in [2.24, 2.45) is 0 Å². The van der Waals surface area contributed by atoms with Gasteiger partial charge in [-0.15, -0.1) is 11.3 Å². The Kier molecular flexibility index (Phi) is 6.16. The van der Waals surface area contributed by atoms with Gasteiger partial charge in [0.15, 0.2) is 0 Å². The maximum Gasteiger partial charge on any atom is 0.338 e. The van der Waals surface area contributed by atoms with Crippen molar-refractivity contribution in [1.29, 1.82) is 0 Å². The number of hydrogen-bond donors (Lipinski definition) is 2. The van der Waals surface area contributed by atoms with Crippen LogP contribution in [0.2, 0.25) is 0 Å². The highest BCUT2D eigenvalue weighted by Gasteiger charge is 2.19. The van der Waals surface area contributed by atoms with Crippen LogP contribution in [0.3, 0.4) is 0 Å². The van der Waals surface area contributed by atoms with Gasteiger partial charge in [-0.3, -0.25) is 9.52 Å². The van der Waals surface area contributed by atoms with Crippen molar-refractivity contribution < 1.29 is 22.7 Å². The molecule has 9 heteroatoms. The lowest BCUT2D eigenvalue weighted by molar-refractivity contribution is 0.0526. The lowest BCUT2D eigenvalue weighted by Gasteiger charge is -2.07. The quantitative estimate of drug-likeness (QED) is 0.717. The van der Waals surface area contributed by atoms with Crippen molar-refractivity contribution in [1.82, 2.24) is 5.32 Å². The molecule has 7 nitrogen and oxygen atoms in total. The molecule has 134 valence electrons. The molecule has 0 aliphatic heterocycles.